The summed E-state index contributed by atoms with van der Waals surface area (Å²) in [5, 5.41) is 15.9. The van der Waals surface area contributed by atoms with Crippen molar-refractivity contribution in [1.82, 2.24) is 10.6 Å². The highest BCUT2D eigenvalue weighted by Gasteiger charge is 2.30. The molecular weight excluding hydrogens is 306 g/mol. The Hall–Kier alpha value is -1.04. The van der Waals surface area contributed by atoms with E-state index >= 15 is 0 Å². The van der Waals surface area contributed by atoms with Gasteiger partial charge in [0.2, 0.25) is 0 Å². The molecule has 132 valence electrons. The zero-order valence-electron chi connectivity index (χ0n) is 15.1. The Morgan fingerprint density at radius 2 is 2.17 bits per heavy atom. The van der Waals surface area contributed by atoms with Gasteiger partial charge < -0.3 is 21.5 Å². The summed E-state index contributed by atoms with van der Waals surface area (Å²) in [5.41, 5.74) is 8.34. The molecule has 23 heavy (non-hydrogen) atoms. The molecule has 3 atom stereocenters. The molecule has 1 saturated heterocycles. The lowest BCUT2D eigenvalue weighted by molar-refractivity contribution is 0.297. The minimum Gasteiger partial charge on any atom is -0.400 e. The Labute approximate surface area is 145 Å². The fourth-order valence-electron chi connectivity index (χ4n) is 3.25. The van der Waals surface area contributed by atoms with E-state index in [9.17, 15) is 5.11 Å². The number of nitrogens with two attached hydrogens (primary N) is 1. The van der Waals surface area contributed by atoms with Gasteiger partial charge >= 0.3 is 0 Å². The molecule has 2 rings (SSSR count). The standard InChI is InChI=1S/C16H27N3OS.C2H6/c1-10-6-13(8-15(19-10)14(17)9-18-3)16-12(4-5-20)7-11(2)21-16;1-2/h7,9-10,13,15,18-20H,4-6,8,17H2,1-3H3;1-2H3/b14-9-;. The van der Waals surface area contributed by atoms with Gasteiger partial charge in [0.25, 0.3) is 0 Å². The molecule has 0 bridgehead atoms. The summed E-state index contributed by atoms with van der Waals surface area (Å²) >= 11 is 1.88. The summed E-state index contributed by atoms with van der Waals surface area (Å²) in [5.74, 6) is 0.523. The van der Waals surface area contributed by atoms with Gasteiger partial charge in [-0.25, -0.2) is 0 Å². The number of rotatable bonds is 5. The molecule has 1 aliphatic heterocycles. The lowest BCUT2D eigenvalue weighted by Crippen LogP contribution is -2.46. The van der Waals surface area contributed by atoms with Crippen LogP contribution in [0.15, 0.2) is 18.0 Å². The quantitative estimate of drug-likeness (QED) is 0.666. The second-order valence-electron chi connectivity index (χ2n) is 5.94. The number of piperidine rings is 1. The van der Waals surface area contributed by atoms with Gasteiger partial charge in [0, 0.05) is 47.4 Å². The molecule has 0 aliphatic carbocycles. The van der Waals surface area contributed by atoms with Crippen molar-refractivity contribution < 1.29 is 5.11 Å². The van der Waals surface area contributed by atoms with E-state index in [1.165, 1.54) is 15.3 Å². The van der Waals surface area contributed by atoms with Gasteiger partial charge in [-0.3, -0.25) is 0 Å². The van der Waals surface area contributed by atoms with Crippen LogP contribution in [0.4, 0.5) is 0 Å². The number of hydrogen-bond donors (Lipinski definition) is 4. The third-order valence-corrected chi connectivity index (χ3v) is 5.33. The van der Waals surface area contributed by atoms with E-state index in [4.69, 9.17) is 5.73 Å². The van der Waals surface area contributed by atoms with Crippen LogP contribution in [0.2, 0.25) is 0 Å². The molecule has 1 aromatic heterocycles. The van der Waals surface area contributed by atoms with Crippen molar-refractivity contribution >= 4 is 11.3 Å². The molecule has 0 amide bonds. The van der Waals surface area contributed by atoms with Gasteiger partial charge in [-0.1, -0.05) is 13.8 Å². The highest BCUT2D eigenvalue weighted by molar-refractivity contribution is 7.12. The Balaban J connectivity index is 0.00000127. The minimum atomic E-state index is 0.217. The molecule has 0 saturated carbocycles. The molecule has 1 aromatic rings. The SMILES string of the molecule is CC.CN/C=C(\N)C1CC(c2sc(C)cc2CCO)CC(C)N1. The highest BCUT2D eigenvalue weighted by Crippen LogP contribution is 2.38. The van der Waals surface area contributed by atoms with Crippen molar-refractivity contribution in [2.45, 2.75) is 65.0 Å². The molecule has 4 nitrogen and oxygen atoms in total. The molecule has 0 radical (unpaired) electrons. The first-order chi connectivity index (χ1) is 11.0. The second-order valence-corrected chi connectivity index (χ2v) is 7.23. The highest BCUT2D eigenvalue weighted by atomic mass is 32.1. The monoisotopic (exact) mass is 339 g/mol. The molecular formula is C18H33N3OS. The zero-order chi connectivity index (χ0) is 17.4. The van der Waals surface area contributed by atoms with Crippen molar-refractivity contribution in [1.29, 1.82) is 0 Å². The predicted molar refractivity (Wildman–Crippen MR) is 101 cm³/mol. The van der Waals surface area contributed by atoms with E-state index in [2.05, 4.69) is 30.5 Å². The zero-order valence-corrected chi connectivity index (χ0v) is 16.0. The summed E-state index contributed by atoms with van der Waals surface area (Å²) in [6.45, 7) is 8.58. The fourth-order valence-corrected chi connectivity index (χ4v) is 4.45. The van der Waals surface area contributed by atoms with E-state index in [0.29, 0.717) is 12.0 Å². The molecule has 3 unspecified atom stereocenters. The summed E-state index contributed by atoms with van der Waals surface area (Å²) in [7, 11) is 1.87. The Bertz CT molecular complexity index is 498. The smallest absolute Gasteiger partial charge is 0.0490 e. The fraction of sp³-hybridized carbons (Fsp3) is 0.667. The molecule has 1 aliphatic rings. The number of aliphatic hydroxyl groups excluding tert-OH is 1. The number of aryl methyl sites for hydroxylation is 1. The van der Waals surface area contributed by atoms with Gasteiger partial charge in [0.15, 0.2) is 0 Å². The van der Waals surface area contributed by atoms with Gasteiger partial charge in [-0.15, -0.1) is 11.3 Å². The molecule has 2 heterocycles. The lowest BCUT2D eigenvalue weighted by atomic mass is 9.84. The van der Waals surface area contributed by atoms with Gasteiger partial charge in [0.1, 0.15) is 0 Å². The number of thiophene rings is 1. The maximum Gasteiger partial charge on any atom is 0.0490 e. The molecule has 1 fully saturated rings. The second kappa shape index (κ2) is 9.96. The Morgan fingerprint density at radius 1 is 1.48 bits per heavy atom. The average molecular weight is 340 g/mol. The van der Waals surface area contributed by atoms with Crippen LogP contribution < -0.4 is 16.4 Å². The van der Waals surface area contributed by atoms with Crippen molar-refractivity contribution in [2.75, 3.05) is 13.7 Å². The summed E-state index contributed by atoms with van der Waals surface area (Å²) in [4.78, 5) is 2.77. The van der Waals surface area contributed by atoms with Crippen LogP contribution in [0.5, 0.6) is 0 Å². The first kappa shape index (κ1) is 20.0. The maximum absolute atomic E-state index is 9.27. The van der Waals surface area contributed by atoms with E-state index in [1.54, 1.807) is 0 Å². The Kier molecular flexibility index (Phi) is 8.66. The molecule has 5 N–H and O–H groups in total. The topological polar surface area (TPSA) is 70.3 Å². The first-order valence-electron chi connectivity index (χ1n) is 8.64. The van der Waals surface area contributed by atoms with E-state index in [1.807, 2.05) is 38.4 Å². The lowest BCUT2D eigenvalue weighted by Gasteiger charge is -2.35. The largest absolute Gasteiger partial charge is 0.400 e. The third kappa shape index (κ3) is 5.52. The number of aliphatic hydroxyl groups is 1. The normalized spacial score (nSPS) is 24.8. The van der Waals surface area contributed by atoms with E-state index in [-0.39, 0.29) is 12.6 Å². The van der Waals surface area contributed by atoms with Gasteiger partial charge in [0.05, 0.1) is 0 Å². The van der Waals surface area contributed by atoms with Crippen LogP contribution in [0.25, 0.3) is 0 Å². The van der Waals surface area contributed by atoms with Crippen molar-refractivity contribution in [3.8, 4) is 0 Å². The summed E-state index contributed by atoms with van der Waals surface area (Å²) < 4.78 is 0. The van der Waals surface area contributed by atoms with E-state index < -0.39 is 0 Å². The minimum absolute atomic E-state index is 0.217. The average Bonchev–Trinajstić information content (AvgIpc) is 2.90. The predicted octanol–water partition coefficient (Wildman–Crippen LogP) is 2.86. The number of hydrogen-bond acceptors (Lipinski definition) is 5. The van der Waals surface area contributed by atoms with Crippen LogP contribution in [-0.4, -0.2) is 30.8 Å². The van der Waals surface area contributed by atoms with Crippen molar-refractivity contribution in [2.24, 2.45) is 5.73 Å². The van der Waals surface area contributed by atoms with Crippen LogP contribution in [0.1, 0.15) is 54.8 Å². The maximum atomic E-state index is 9.27. The van der Waals surface area contributed by atoms with Gasteiger partial charge in [-0.05, 0) is 50.7 Å². The third-order valence-electron chi connectivity index (χ3n) is 4.07. The molecule has 0 spiro atoms. The van der Waals surface area contributed by atoms with Crippen LogP contribution in [-0.2, 0) is 6.42 Å². The molecule has 5 heteroatoms. The number of nitrogens with one attached hydrogen (secondary N) is 2. The first-order valence-corrected chi connectivity index (χ1v) is 9.45. The summed E-state index contributed by atoms with van der Waals surface area (Å²) in [6, 6.07) is 2.89. The Morgan fingerprint density at radius 3 is 2.78 bits per heavy atom. The van der Waals surface area contributed by atoms with E-state index in [0.717, 1.165) is 25.0 Å². The van der Waals surface area contributed by atoms with Crippen LogP contribution >= 0.6 is 11.3 Å². The molecule has 0 aromatic carbocycles. The van der Waals surface area contributed by atoms with Crippen LogP contribution in [0, 0.1) is 6.92 Å². The van der Waals surface area contributed by atoms with Crippen LogP contribution in [0.3, 0.4) is 0 Å². The van der Waals surface area contributed by atoms with Gasteiger partial charge in [-0.2, -0.15) is 0 Å². The summed E-state index contributed by atoms with van der Waals surface area (Å²) in [6.07, 6.45) is 4.78. The van der Waals surface area contributed by atoms with Crippen molar-refractivity contribution in [3.63, 3.8) is 0 Å². The van der Waals surface area contributed by atoms with Crippen molar-refractivity contribution in [3.05, 3.63) is 33.3 Å².